The number of imidazole rings is 1. The molecule has 6 heteroatoms. The van der Waals surface area contributed by atoms with Gasteiger partial charge in [-0.1, -0.05) is 17.3 Å². The fraction of sp³-hybridized carbons (Fsp3) is 0.471. The van der Waals surface area contributed by atoms with E-state index in [4.69, 9.17) is 4.84 Å². The van der Waals surface area contributed by atoms with Crippen molar-refractivity contribution < 1.29 is 9.63 Å². The van der Waals surface area contributed by atoms with Gasteiger partial charge in [-0.25, -0.2) is 4.98 Å². The summed E-state index contributed by atoms with van der Waals surface area (Å²) in [5.74, 6) is 0.675. The Morgan fingerprint density at radius 3 is 2.83 bits per heavy atom. The maximum Gasteiger partial charge on any atom is 0.267 e. The minimum absolute atomic E-state index is 0.166. The number of para-hydroxylation sites is 2. The van der Waals surface area contributed by atoms with Gasteiger partial charge in [0.2, 0.25) is 5.60 Å². The van der Waals surface area contributed by atoms with Gasteiger partial charge in [0.1, 0.15) is 5.82 Å². The number of carbonyl (C=O) groups excluding carboxylic acids is 1. The van der Waals surface area contributed by atoms with E-state index >= 15 is 0 Å². The normalized spacial score (nSPS) is 20.7. The van der Waals surface area contributed by atoms with Gasteiger partial charge in [0, 0.05) is 12.5 Å². The van der Waals surface area contributed by atoms with Crippen molar-refractivity contribution in [1.82, 2.24) is 14.9 Å². The molecule has 122 valence electrons. The maximum absolute atomic E-state index is 12.4. The highest BCUT2D eigenvalue weighted by Crippen LogP contribution is 2.24. The molecule has 0 radical (unpaired) electrons. The monoisotopic (exact) mass is 314 g/mol. The van der Waals surface area contributed by atoms with Crippen LogP contribution in [0.1, 0.15) is 46.0 Å². The summed E-state index contributed by atoms with van der Waals surface area (Å²) in [6.07, 6.45) is 0.513. The second-order valence-electron chi connectivity index (χ2n) is 6.49. The average Bonchev–Trinajstić information content (AvgIpc) is 3.05. The van der Waals surface area contributed by atoms with Gasteiger partial charge >= 0.3 is 0 Å². The van der Waals surface area contributed by atoms with Crippen LogP contribution in [-0.2, 0) is 16.2 Å². The first kappa shape index (κ1) is 15.5. The van der Waals surface area contributed by atoms with E-state index in [0.717, 1.165) is 22.6 Å². The Balaban J connectivity index is 1.80. The third-order valence-electron chi connectivity index (χ3n) is 4.07. The van der Waals surface area contributed by atoms with Gasteiger partial charge in [0.15, 0.2) is 0 Å². The summed E-state index contributed by atoms with van der Waals surface area (Å²) < 4.78 is 2.15. The van der Waals surface area contributed by atoms with Crippen LogP contribution in [0.5, 0.6) is 0 Å². The van der Waals surface area contributed by atoms with Crippen LogP contribution in [0.3, 0.4) is 0 Å². The first-order chi connectivity index (χ1) is 10.9. The van der Waals surface area contributed by atoms with E-state index in [-0.39, 0.29) is 11.9 Å². The smallest absolute Gasteiger partial charge is 0.267 e. The van der Waals surface area contributed by atoms with E-state index in [9.17, 15) is 4.79 Å². The Bertz CT molecular complexity index is 778. The van der Waals surface area contributed by atoms with Crippen LogP contribution in [0.4, 0.5) is 0 Å². The Hall–Kier alpha value is -2.37. The Labute approximate surface area is 135 Å². The Kier molecular flexibility index (Phi) is 3.83. The lowest BCUT2D eigenvalue weighted by atomic mass is 9.99. The van der Waals surface area contributed by atoms with E-state index in [2.05, 4.69) is 33.9 Å². The molecule has 0 saturated heterocycles. The van der Waals surface area contributed by atoms with Crippen molar-refractivity contribution >= 4 is 22.7 Å². The quantitative estimate of drug-likeness (QED) is 0.943. The molecule has 1 unspecified atom stereocenters. The number of fused-ring (bicyclic) bond motifs is 1. The first-order valence-electron chi connectivity index (χ1n) is 7.86. The van der Waals surface area contributed by atoms with Gasteiger partial charge in [0.05, 0.1) is 23.3 Å². The zero-order valence-electron chi connectivity index (χ0n) is 14.0. The highest BCUT2D eigenvalue weighted by Gasteiger charge is 2.40. The standard InChI is InChI=1S/C17H22N4O2/c1-11(2)21-14-8-6-5-7-13(14)19-15(21)10-18-16(22)17(4)9-12(3)20-23-17/h5-8,11H,9-10H2,1-4H3,(H,18,22). The molecule has 0 aliphatic carbocycles. The molecule has 1 amide bonds. The number of amides is 1. The predicted octanol–water partition coefficient (Wildman–Crippen LogP) is 2.79. The van der Waals surface area contributed by atoms with Crippen molar-refractivity contribution in [2.75, 3.05) is 0 Å². The summed E-state index contributed by atoms with van der Waals surface area (Å²) in [5, 5.41) is 6.82. The highest BCUT2D eigenvalue weighted by atomic mass is 16.7. The molecule has 1 N–H and O–H groups in total. The molecule has 3 rings (SSSR count). The summed E-state index contributed by atoms with van der Waals surface area (Å²) in [7, 11) is 0. The van der Waals surface area contributed by atoms with E-state index in [1.54, 1.807) is 6.92 Å². The Morgan fingerprint density at radius 2 is 2.17 bits per heavy atom. The molecular weight excluding hydrogens is 292 g/mol. The summed E-state index contributed by atoms with van der Waals surface area (Å²) in [6, 6.07) is 8.26. The summed E-state index contributed by atoms with van der Waals surface area (Å²) in [4.78, 5) is 22.4. The van der Waals surface area contributed by atoms with E-state index in [1.807, 2.05) is 31.2 Å². The molecule has 1 aromatic carbocycles. The molecule has 1 aliphatic rings. The van der Waals surface area contributed by atoms with Crippen LogP contribution in [0, 0.1) is 0 Å². The molecule has 0 fully saturated rings. The number of carbonyl (C=O) groups is 1. The Morgan fingerprint density at radius 1 is 1.43 bits per heavy atom. The van der Waals surface area contributed by atoms with Crippen molar-refractivity contribution in [3.05, 3.63) is 30.1 Å². The number of rotatable bonds is 4. The van der Waals surface area contributed by atoms with Gasteiger partial charge in [-0.2, -0.15) is 0 Å². The summed E-state index contributed by atoms with van der Waals surface area (Å²) in [6.45, 7) is 8.20. The number of hydrogen-bond donors (Lipinski definition) is 1. The number of nitrogens with zero attached hydrogens (tertiary/aromatic N) is 3. The second-order valence-corrected chi connectivity index (χ2v) is 6.49. The average molecular weight is 314 g/mol. The molecule has 0 bridgehead atoms. The zero-order valence-corrected chi connectivity index (χ0v) is 14.0. The number of hydrogen-bond acceptors (Lipinski definition) is 4. The third-order valence-corrected chi connectivity index (χ3v) is 4.07. The van der Waals surface area contributed by atoms with Crippen molar-refractivity contribution in [2.24, 2.45) is 5.16 Å². The predicted molar refractivity (Wildman–Crippen MR) is 89.2 cm³/mol. The lowest BCUT2D eigenvalue weighted by Gasteiger charge is -2.20. The van der Waals surface area contributed by atoms with Crippen LogP contribution in [0.2, 0.25) is 0 Å². The fourth-order valence-electron chi connectivity index (χ4n) is 2.99. The van der Waals surface area contributed by atoms with Crippen molar-refractivity contribution in [2.45, 2.75) is 52.3 Å². The molecular formula is C17H22N4O2. The second kappa shape index (κ2) is 5.68. The maximum atomic E-state index is 12.4. The van der Waals surface area contributed by atoms with E-state index in [0.29, 0.717) is 13.0 Å². The molecule has 1 aromatic heterocycles. The van der Waals surface area contributed by atoms with E-state index < -0.39 is 5.60 Å². The van der Waals surface area contributed by atoms with E-state index in [1.165, 1.54) is 0 Å². The molecule has 0 spiro atoms. The van der Waals surface area contributed by atoms with Crippen LogP contribution < -0.4 is 5.32 Å². The molecule has 2 heterocycles. The zero-order chi connectivity index (χ0) is 16.6. The largest absolute Gasteiger partial charge is 0.379 e. The third kappa shape index (κ3) is 2.81. The SMILES string of the molecule is CC1=NOC(C)(C(=O)NCc2nc3ccccc3n2C(C)C)C1. The van der Waals surface area contributed by atoms with Gasteiger partial charge < -0.3 is 14.7 Å². The molecule has 6 nitrogen and oxygen atoms in total. The van der Waals surface area contributed by atoms with Gasteiger partial charge in [-0.15, -0.1) is 0 Å². The van der Waals surface area contributed by atoms with Crippen LogP contribution in [0.15, 0.2) is 29.4 Å². The summed E-state index contributed by atoms with van der Waals surface area (Å²) >= 11 is 0. The van der Waals surface area contributed by atoms with Crippen molar-refractivity contribution in [3.63, 3.8) is 0 Å². The molecule has 1 atom stereocenters. The minimum atomic E-state index is -0.918. The summed E-state index contributed by atoms with van der Waals surface area (Å²) in [5.41, 5.74) is 1.93. The molecule has 1 aliphatic heterocycles. The van der Waals surface area contributed by atoms with Crippen molar-refractivity contribution in [3.8, 4) is 0 Å². The molecule has 2 aromatic rings. The lowest BCUT2D eigenvalue weighted by Crippen LogP contribution is -2.44. The molecule has 0 saturated carbocycles. The number of benzene rings is 1. The van der Waals surface area contributed by atoms with Gasteiger partial charge in [-0.05, 0) is 39.8 Å². The highest BCUT2D eigenvalue weighted by molar-refractivity contribution is 5.94. The van der Waals surface area contributed by atoms with Gasteiger partial charge in [0.25, 0.3) is 5.91 Å². The van der Waals surface area contributed by atoms with Crippen LogP contribution in [0.25, 0.3) is 11.0 Å². The minimum Gasteiger partial charge on any atom is -0.379 e. The van der Waals surface area contributed by atoms with Crippen LogP contribution in [-0.4, -0.2) is 26.8 Å². The van der Waals surface area contributed by atoms with Crippen molar-refractivity contribution in [1.29, 1.82) is 0 Å². The van der Waals surface area contributed by atoms with Crippen LogP contribution >= 0.6 is 0 Å². The number of nitrogens with one attached hydrogen (secondary N) is 1. The fourth-order valence-corrected chi connectivity index (χ4v) is 2.99. The lowest BCUT2D eigenvalue weighted by molar-refractivity contribution is -0.141. The van der Waals surface area contributed by atoms with Gasteiger partial charge in [-0.3, -0.25) is 4.79 Å². The number of oxime groups is 1. The first-order valence-corrected chi connectivity index (χ1v) is 7.86. The molecule has 23 heavy (non-hydrogen) atoms. The number of aromatic nitrogens is 2. The topological polar surface area (TPSA) is 68.5 Å².